The summed E-state index contributed by atoms with van der Waals surface area (Å²) < 4.78 is 0. The van der Waals surface area contributed by atoms with Crippen LogP contribution in [0.25, 0.3) is 0 Å². The molecule has 88 valence electrons. The van der Waals surface area contributed by atoms with Gasteiger partial charge < -0.3 is 0 Å². The highest BCUT2D eigenvalue weighted by molar-refractivity contribution is 5.81. The number of ketones is 1. The molecule has 1 fully saturated rings. The SMILES string of the molecule is CCC(C)CC(=O)C1CC(C)CC(C)C1. The lowest BCUT2D eigenvalue weighted by molar-refractivity contribution is -0.125. The predicted octanol–water partition coefficient (Wildman–Crippen LogP) is 4.06. The van der Waals surface area contributed by atoms with Crippen LogP contribution >= 0.6 is 0 Å². The summed E-state index contributed by atoms with van der Waals surface area (Å²) in [6.07, 6.45) is 5.52. The molecule has 1 saturated carbocycles. The van der Waals surface area contributed by atoms with E-state index in [-0.39, 0.29) is 0 Å². The van der Waals surface area contributed by atoms with Crippen LogP contribution in [0.15, 0.2) is 0 Å². The second kappa shape index (κ2) is 5.67. The molecule has 1 heteroatoms. The minimum atomic E-state index is 0.373. The van der Waals surface area contributed by atoms with E-state index < -0.39 is 0 Å². The molecular weight excluding hydrogens is 184 g/mol. The summed E-state index contributed by atoms with van der Waals surface area (Å²) in [5.41, 5.74) is 0. The molecule has 0 N–H and O–H groups in total. The van der Waals surface area contributed by atoms with Crippen LogP contribution in [-0.2, 0) is 4.79 Å². The number of carbonyl (C=O) groups is 1. The summed E-state index contributed by atoms with van der Waals surface area (Å²) in [6.45, 7) is 8.94. The first-order chi connectivity index (χ1) is 7.02. The second-order valence-corrected chi connectivity index (χ2v) is 5.80. The first-order valence-electron chi connectivity index (χ1n) is 6.55. The van der Waals surface area contributed by atoms with Gasteiger partial charge in [-0.1, -0.05) is 34.1 Å². The highest BCUT2D eigenvalue weighted by Gasteiger charge is 2.28. The predicted molar refractivity (Wildman–Crippen MR) is 64.7 cm³/mol. The second-order valence-electron chi connectivity index (χ2n) is 5.80. The molecule has 0 heterocycles. The first-order valence-corrected chi connectivity index (χ1v) is 6.55. The molecule has 3 atom stereocenters. The first kappa shape index (κ1) is 12.7. The third kappa shape index (κ3) is 3.96. The van der Waals surface area contributed by atoms with E-state index in [2.05, 4.69) is 27.7 Å². The van der Waals surface area contributed by atoms with Crippen molar-refractivity contribution >= 4 is 5.78 Å². The Kier molecular flexibility index (Phi) is 4.82. The number of carbonyl (C=O) groups excluding carboxylic acids is 1. The summed E-state index contributed by atoms with van der Waals surface area (Å²) in [7, 11) is 0. The average Bonchev–Trinajstić information content (AvgIpc) is 2.16. The third-order valence-corrected chi connectivity index (χ3v) is 3.88. The van der Waals surface area contributed by atoms with E-state index in [1.54, 1.807) is 0 Å². The molecule has 0 aromatic rings. The van der Waals surface area contributed by atoms with Crippen LogP contribution in [0.1, 0.15) is 59.8 Å². The Bertz CT molecular complexity index is 199. The van der Waals surface area contributed by atoms with Crippen LogP contribution in [0.5, 0.6) is 0 Å². The quantitative estimate of drug-likeness (QED) is 0.683. The standard InChI is InChI=1S/C14H26O/c1-5-10(2)9-14(15)13-7-11(3)6-12(4)8-13/h10-13H,5-9H2,1-4H3. The number of hydrogen-bond donors (Lipinski definition) is 0. The summed E-state index contributed by atoms with van der Waals surface area (Å²) in [6, 6.07) is 0. The van der Waals surface area contributed by atoms with Gasteiger partial charge in [-0.25, -0.2) is 0 Å². The van der Waals surface area contributed by atoms with Crippen molar-refractivity contribution in [2.75, 3.05) is 0 Å². The van der Waals surface area contributed by atoms with E-state index in [1.165, 1.54) is 6.42 Å². The lowest BCUT2D eigenvalue weighted by Gasteiger charge is -2.31. The van der Waals surface area contributed by atoms with Crippen molar-refractivity contribution in [3.63, 3.8) is 0 Å². The molecule has 0 aromatic carbocycles. The van der Waals surface area contributed by atoms with E-state index >= 15 is 0 Å². The largest absolute Gasteiger partial charge is 0.299 e. The van der Waals surface area contributed by atoms with Crippen LogP contribution in [0.2, 0.25) is 0 Å². The van der Waals surface area contributed by atoms with Crippen molar-refractivity contribution in [1.82, 2.24) is 0 Å². The van der Waals surface area contributed by atoms with Crippen molar-refractivity contribution in [3.8, 4) is 0 Å². The molecule has 1 nitrogen and oxygen atoms in total. The fourth-order valence-corrected chi connectivity index (χ4v) is 2.86. The monoisotopic (exact) mass is 210 g/mol. The number of hydrogen-bond acceptors (Lipinski definition) is 1. The van der Waals surface area contributed by atoms with Crippen LogP contribution in [0, 0.1) is 23.7 Å². The van der Waals surface area contributed by atoms with Crippen molar-refractivity contribution in [2.24, 2.45) is 23.7 Å². The van der Waals surface area contributed by atoms with Gasteiger partial charge in [0.1, 0.15) is 5.78 Å². The Morgan fingerprint density at radius 3 is 2.20 bits per heavy atom. The van der Waals surface area contributed by atoms with E-state index in [0.717, 1.165) is 37.5 Å². The van der Waals surface area contributed by atoms with Gasteiger partial charge in [-0.2, -0.15) is 0 Å². The van der Waals surface area contributed by atoms with Gasteiger partial charge in [0.15, 0.2) is 0 Å². The Labute approximate surface area is 94.6 Å². The molecule has 0 spiro atoms. The van der Waals surface area contributed by atoms with Gasteiger partial charge in [0.2, 0.25) is 0 Å². The fourth-order valence-electron chi connectivity index (χ4n) is 2.86. The van der Waals surface area contributed by atoms with E-state index in [4.69, 9.17) is 0 Å². The van der Waals surface area contributed by atoms with Gasteiger partial charge in [-0.3, -0.25) is 4.79 Å². The minimum absolute atomic E-state index is 0.373. The molecule has 1 aliphatic carbocycles. The minimum Gasteiger partial charge on any atom is -0.299 e. The molecule has 0 amide bonds. The topological polar surface area (TPSA) is 17.1 Å². The lowest BCUT2D eigenvalue weighted by Crippen LogP contribution is -2.26. The van der Waals surface area contributed by atoms with E-state index in [1.807, 2.05) is 0 Å². The van der Waals surface area contributed by atoms with Gasteiger partial charge >= 0.3 is 0 Å². The fraction of sp³-hybridized carbons (Fsp3) is 0.929. The van der Waals surface area contributed by atoms with Crippen molar-refractivity contribution < 1.29 is 4.79 Å². The van der Waals surface area contributed by atoms with E-state index in [9.17, 15) is 4.79 Å². The zero-order valence-electron chi connectivity index (χ0n) is 10.8. The summed E-state index contributed by atoms with van der Waals surface area (Å²) in [5.74, 6) is 2.98. The van der Waals surface area contributed by atoms with Gasteiger partial charge in [-0.05, 0) is 37.0 Å². The van der Waals surface area contributed by atoms with Crippen molar-refractivity contribution in [1.29, 1.82) is 0 Å². The molecule has 0 radical (unpaired) electrons. The van der Waals surface area contributed by atoms with Gasteiger partial charge in [0.25, 0.3) is 0 Å². The van der Waals surface area contributed by atoms with Gasteiger partial charge in [-0.15, -0.1) is 0 Å². The van der Waals surface area contributed by atoms with Crippen LogP contribution in [0.4, 0.5) is 0 Å². The van der Waals surface area contributed by atoms with Crippen LogP contribution in [0.3, 0.4) is 0 Å². The Morgan fingerprint density at radius 1 is 1.20 bits per heavy atom. The molecule has 15 heavy (non-hydrogen) atoms. The maximum Gasteiger partial charge on any atom is 0.136 e. The number of Topliss-reactive ketones (excluding diaryl/α,β-unsaturated/α-hetero) is 1. The summed E-state index contributed by atoms with van der Waals surface area (Å²) in [4.78, 5) is 12.1. The number of rotatable bonds is 4. The summed E-state index contributed by atoms with van der Waals surface area (Å²) in [5, 5.41) is 0. The zero-order valence-corrected chi connectivity index (χ0v) is 10.8. The summed E-state index contributed by atoms with van der Waals surface area (Å²) >= 11 is 0. The van der Waals surface area contributed by atoms with Crippen molar-refractivity contribution in [3.05, 3.63) is 0 Å². The average molecular weight is 210 g/mol. The molecule has 0 aromatic heterocycles. The zero-order chi connectivity index (χ0) is 11.4. The van der Waals surface area contributed by atoms with E-state index in [0.29, 0.717) is 17.6 Å². The maximum absolute atomic E-state index is 12.1. The third-order valence-electron chi connectivity index (χ3n) is 3.88. The Hall–Kier alpha value is -0.330. The molecule has 1 rings (SSSR count). The smallest absolute Gasteiger partial charge is 0.136 e. The molecule has 0 aliphatic heterocycles. The molecule has 0 saturated heterocycles. The van der Waals surface area contributed by atoms with Crippen molar-refractivity contribution in [2.45, 2.75) is 59.8 Å². The van der Waals surface area contributed by atoms with Gasteiger partial charge in [0.05, 0.1) is 0 Å². The normalized spacial score (nSPS) is 33.7. The maximum atomic E-state index is 12.1. The lowest BCUT2D eigenvalue weighted by atomic mass is 9.74. The molecule has 3 unspecified atom stereocenters. The molecule has 1 aliphatic rings. The molecule has 0 bridgehead atoms. The highest BCUT2D eigenvalue weighted by Crippen LogP contribution is 2.34. The Morgan fingerprint density at radius 2 is 1.73 bits per heavy atom. The van der Waals surface area contributed by atoms with Crippen LogP contribution < -0.4 is 0 Å². The molecular formula is C14H26O. The van der Waals surface area contributed by atoms with Gasteiger partial charge in [0, 0.05) is 12.3 Å². The highest BCUT2D eigenvalue weighted by atomic mass is 16.1. The van der Waals surface area contributed by atoms with Crippen LogP contribution in [-0.4, -0.2) is 5.78 Å². The Balaban J connectivity index is 2.44.